The Kier molecular flexibility index (Phi) is 8.62. The lowest BCUT2D eigenvalue weighted by Gasteiger charge is -2.23. The Morgan fingerprint density at radius 3 is 2.57 bits per heavy atom. The van der Waals surface area contributed by atoms with E-state index in [2.05, 4.69) is 0 Å². The lowest BCUT2D eigenvalue weighted by molar-refractivity contribution is -0.137. The summed E-state index contributed by atoms with van der Waals surface area (Å²) in [5.41, 5.74) is -1.27. The molecule has 1 rings (SSSR count). The first-order chi connectivity index (χ1) is 10.8. The summed E-state index contributed by atoms with van der Waals surface area (Å²) in [5.74, 6) is -0.990. The third kappa shape index (κ3) is 8.37. The molecule has 0 aliphatic carbocycles. The number of carboxylic acid groups (broad SMARTS) is 1. The van der Waals surface area contributed by atoms with Crippen LogP contribution in [0.15, 0.2) is 30.3 Å². The van der Waals surface area contributed by atoms with Crippen LogP contribution in [0.3, 0.4) is 0 Å². The van der Waals surface area contributed by atoms with Gasteiger partial charge in [-0.1, -0.05) is 53.5 Å². The normalized spacial score (nSPS) is 13.1. The minimum atomic E-state index is -2.10. The number of nitrogens with zero attached hydrogens (tertiary/aromatic N) is 1. The van der Waals surface area contributed by atoms with E-state index in [-0.39, 0.29) is 12.5 Å². The highest BCUT2D eigenvalue weighted by Crippen LogP contribution is 2.56. The van der Waals surface area contributed by atoms with Crippen molar-refractivity contribution in [2.75, 3.05) is 25.7 Å². The fourth-order valence-electron chi connectivity index (χ4n) is 1.58. The summed E-state index contributed by atoms with van der Waals surface area (Å²) >= 11 is 6.60. The van der Waals surface area contributed by atoms with Crippen molar-refractivity contribution in [2.24, 2.45) is 0 Å². The predicted molar refractivity (Wildman–Crippen MR) is 95.3 cm³/mol. The third-order valence-electron chi connectivity index (χ3n) is 2.60. The summed E-state index contributed by atoms with van der Waals surface area (Å²) in [6.07, 6.45) is -0.685. The highest BCUT2D eigenvalue weighted by Gasteiger charge is 2.21. The second kappa shape index (κ2) is 9.93. The molecule has 0 saturated heterocycles. The van der Waals surface area contributed by atoms with Crippen LogP contribution in [0.2, 0.25) is 0 Å². The van der Waals surface area contributed by atoms with Gasteiger partial charge in [0.15, 0.2) is 0 Å². The predicted octanol–water partition coefficient (Wildman–Crippen LogP) is 3.38. The Morgan fingerprint density at radius 1 is 1.35 bits per heavy atom. The van der Waals surface area contributed by atoms with Crippen molar-refractivity contribution in [1.29, 1.82) is 0 Å². The molecule has 1 aromatic carbocycles. The van der Waals surface area contributed by atoms with Gasteiger partial charge in [-0.15, -0.1) is 0 Å². The van der Waals surface area contributed by atoms with Gasteiger partial charge in [0.05, 0.1) is 5.88 Å². The van der Waals surface area contributed by atoms with Crippen LogP contribution in [0, 0.1) is 0 Å². The summed E-state index contributed by atoms with van der Waals surface area (Å²) < 4.78 is 10.6. The Hall–Kier alpha value is -1.08. The summed E-state index contributed by atoms with van der Waals surface area (Å²) in [4.78, 5) is 24.1. The first kappa shape index (κ1) is 20.0. The van der Waals surface area contributed by atoms with E-state index < -0.39 is 24.1 Å². The minimum Gasteiger partial charge on any atom is -0.480 e. The number of aliphatic carboxylic acids is 1. The molecule has 0 radical (unpaired) electrons. The van der Waals surface area contributed by atoms with Gasteiger partial charge in [-0.05, 0) is 19.2 Å². The van der Waals surface area contributed by atoms with Crippen LogP contribution in [0.1, 0.15) is 12.5 Å². The van der Waals surface area contributed by atoms with Gasteiger partial charge in [0.2, 0.25) is 0 Å². The molecule has 0 aliphatic rings. The molecule has 0 aromatic heterocycles. The van der Waals surface area contributed by atoms with E-state index in [0.29, 0.717) is 6.61 Å². The lowest BCUT2D eigenvalue weighted by atomic mass is 10.2. The summed E-state index contributed by atoms with van der Waals surface area (Å²) in [6, 6.07) is 9.18. The average molecular weight is 377 g/mol. The fraction of sp³-hybridized carbons (Fsp3) is 0.429. The van der Waals surface area contributed by atoms with Crippen molar-refractivity contribution < 1.29 is 24.0 Å². The molecule has 6 nitrogen and oxygen atoms in total. The Labute approximate surface area is 145 Å². The Balaban J connectivity index is 2.60. The summed E-state index contributed by atoms with van der Waals surface area (Å²) in [7, 11) is 0. The first-order valence-corrected chi connectivity index (χ1v) is 11.6. The smallest absolute Gasteiger partial charge is 0.411 e. The molecule has 0 saturated carbocycles. The van der Waals surface area contributed by atoms with Crippen LogP contribution in [0.5, 0.6) is 0 Å². The second-order valence-electron chi connectivity index (χ2n) is 4.58. The van der Waals surface area contributed by atoms with Crippen LogP contribution < -0.4 is 0 Å². The number of hydrogen-bond donors (Lipinski definition) is 1. The zero-order valence-electron chi connectivity index (χ0n) is 13.0. The Bertz CT molecular complexity index is 570. The highest BCUT2D eigenvalue weighted by molar-refractivity contribution is 8.69. The molecule has 1 aromatic rings. The van der Waals surface area contributed by atoms with Crippen molar-refractivity contribution in [1.82, 2.24) is 4.90 Å². The molecule has 1 atom stereocenters. The maximum absolute atomic E-state index is 12.1. The van der Waals surface area contributed by atoms with Crippen LogP contribution in [0.25, 0.3) is 0 Å². The van der Waals surface area contributed by atoms with E-state index >= 15 is 0 Å². The highest BCUT2D eigenvalue weighted by atomic mass is 32.9. The van der Waals surface area contributed by atoms with Gasteiger partial charge in [0.1, 0.15) is 18.6 Å². The molecule has 1 amide bonds. The van der Waals surface area contributed by atoms with E-state index in [4.69, 9.17) is 26.2 Å². The van der Waals surface area contributed by atoms with Crippen molar-refractivity contribution in [3.8, 4) is 0 Å². The third-order valence-corrected chi connectivity index (χ3v) is 7.56. The number of hydrogen-bond acceptors (Lipinski definition) is 6. The molecule has 9 heteroatoms. The molecule has 1 N–H and O–H groups in total. The number of amides is 1. The fourth-order valence-corrected chi connectivity index (χ4v) is 5.00. The molecule has 0 spiro atoms. The van der Waals surface area contributed by atoms with Crippen molar-refractivity contribution in [2.45, 2.75) is 13.5 Å². The molecule has 0 unspecified atom stereocenters. The number of carboxylic acids is 1. The molecule has 0 fully saturated rings. The van der Waals surface area contributed by atoms with Crippen LogP contribution in [-0.2, 0) is 32.5 Å². The molecular weight excluding hydrogens is 357 g/mol. The first-order valence-electron chi connectivity index (χ1n) is 6.88. The van der Waals surface area contributed by atoms with Gasteiger partial charge in [0.25, 0.3) is 0 Å². The van der Waals surface area contributed by atoms with Crippen molar-refractivity contribution in [3.63, 3.8) is 0 Å². The SMILES string of the molecule is CCO[P@@](C)(=S)SCN(CC(=O)O)C(=O)OCc1ccccc1. The monoisotopic (exact) mass is 377 g/mol. The zero-order chi connectivity index (χ0) is 17.3. The van der Waals surface area contributed by atoms with Gasteiger partial charge in [-0.3, -0.25) is 9.69 Å². The summed E-state index contributed by atoms with van der Waals surface area (Å²) in [5, 5.41) is 8.94. The van der Waals surface area contributed by atoms with Crippen molar-refractivity contribution >= 4 is 40.7 Å². The van der Waals surface area contributed by atoms with Crippen LogP contribution in [0.4, 0.5) is 4.79 Å². The summed E-state index contributed by atoms with van der Waals surface area (Å²) in [6.45, 7) is 3.77. The van der Waals surface area contributed by atoms with Crippen molar-refractivity contribution in [3.05, 3.63) is 35.9 Å². The maximum Gasteiger partial charge on any atom is 0.411 e. The second-order valence-corrected chi connectivity index (χ2v) is 12.5. The van der Waals surface area contributed by atoms with E-state index in [1.54, 1.807) is 6.66 Å². The standard InChI is InChI=1S/C14H20NO5PS2/c1-3-20-21(2,22)23-11-15(9-13(16)17)14(18)19-10-12-7-5-4-6-8-12/h4-8H,3,9-11H2,1-2H3,(H,16,17)/t21-/m0/s1. The van der Waals surface area contributed by atoms with Gasteiger partial charge >= 0.3 is 12.1 Å². The number of ether oxygens (including phenoxy) is 1. The van der Waals surface area contributed by atoms with E-state index in [1.807, 2.05) is 37.3 Å². The molecule has 128 valence electrons. The minimum absolute atomic E-state index is 0.0895. The average Bonchev–Trinajstić information content (AvgIpc) is 2.49. The van der Waals surface area contributed by atoms with Crippen LogP contribution in [-0.4, -0.2) is 47.8 Å². The van der Waals surface area contributed by atoms with Crippen LogP contribution >= 0.6 is 16.8 Å². The van der Waals surface area contributed by atoms with Gasteiger partial charge in [-0.2, -0.15) is 0 Å². The van der Waals surface area contributed by atoms with Gasteiger partial charge < -0.3 is 14.4 Å². The van der Waals surface area contributed by atoms with E-state index in [9.17, 15) is 9.59 Å². The van der Waals surface area contributed by atoms with E-state index in [1.165, 1.54) is 11.4 Å². The molecular formula is C14H20NO5PS2. The van der Waals surface area contributed by atoms with E-state index in [0.717, 1.165) is 10.5 Å². The molecule has 0 aliphatic heterocycles. The van der Waals surface area contributed by atoms with Gasteiger partial charge in [-0.25, -0.2) is 4.79 Å². The molecule has 0 bridgehead atoms. The lowest BCUT2D eigenvalue weighted by Crippen LogP contribution is -2.35. The number of carbonyl (C=O) groups is 2. The Morgan fingerprint density at radius 2 is 2.00 bits per heavy atom. The zero-order valence-corrected chi connectivity index (χ0v) is 15.5. The maximum atomic E-state index is 12.1. The number of benzene rings is 1. The van der Waals surface area contributed by atoms with Gasteiger partial charge in [0, 0.05) is 6.61 Å². The number of rotatable bonds is 9. The number of carbonyl (C=O) groups excluding carboxylic acids is 1. The largest absolute Gasteiger partial charge is 0.480 e. The molecule has 0 heterocycles. The quantitative estimate of drug-likeness (QED) is 0.522. The topological polar surface area (TPSA) is 76.1 Å². The molecule has 23 heavy (non-hydrogen) atoms.